The highest BCUT2D eigenvalue weighted by molar-refractivity contribution is 4.97. The maximum atomic E-state index is 12.1. The Kier molecular flexibility index (Phi) is 3.21. The van der Waals surface area contributed by atoms with Crippen LogP contribution in [0.4, 0.5) is 26.3 Å². The first-order valence-corrected chi connectivity index (χ1v) is 2.80. The van der Waals surface area contributed by atoms with Crippen LogP contribution < -0.4 is 0 Å². The van der Waals surface area contributed by atoms with Gasteiger partial charge in [0, 0.05) is 6.92 Å². The van der Waals surface area contributed by atoms with Gasteiger partial charge in [0.2, 0.25) is 0 Å². The number of halogens is 6. The van der Waals surface area contributed by atoms with Crippen LogP contribution in [0.15, 0.2) is 0 Å². The summed E-state index contributed by atoms with van der Waals surface area (Å²) in [7, 11) is 0. The number of hydrogen-bond acceptors (Lipinski definition) is 1. The number of hydrogen-bond donors (Lipinski definition) is 0. The van der Waals surface area contributed by atoms with Crippen molar-refractivity contribution in [2.24, 2.45) is 0 Å². The molecule has 78 valence electrons. The number of rotatable bonds is 4. The van der Waals surface area contributed by atoms with Crippen molar-refractivity contribution in [3.8, 4) is 0 Å². The third-order valence-electron chi connectivity index (χ3n) is 1.16. The Labute approximate surface area is 69.0 Å². The molecule has 0 aliphatic heterocycles. The predicted octanol–water partition coefficient (Wildman–Crippen LogP) is 2.09. The lowest BCUT2D eigenvalue weighted by molar-refractivity contribution is -0.374. The Morgan fingerprint density at radius 1 is 1.08 bits per heavy atom. The average molecular weight is 210 g/mol. The third-order valence-corrected chi connectivity index (χ3v) is 1.16. The first kappa shape index (κ1) is 12.5. The molecule has 0 aromatic rings. The van der Waals surface area contributed by atoms with Gasteiger partial charge in [0.15, 0.2) is 6.61 Å². The topological polar surface area (TPSA) is 29.1 Å². The fourth-order valence-corrected chi connectivity index (χ4v) is 0.432. The summed E-state index contributed by atoms with van der Waals surface area (Å²) < 4.78 is 72.1. The van der Waals surface area contributed by atoms with Crippen molar-refractivity contribution in [1.82, 2.24) is 0 Å². The molecule has 0 unspecified atom stereocenters. The van der Waals surface area contributed by atoms with Crippen LogP contribution in [-0.4, -0.2) is 24.4 Å². The molecule has 0 bridgehead atoms. The second-order valence-corrected chi connectivity index (χ2v) is 2.25. The highest BCUT2D eigenvalue weighted by Gasteiger charge is 2.69. The van der Waals surface area contributed by atoms with Crippen LogP contribution in [0, 0.1) is 6.92 Å². The van der Waals surface area contributed by atoms with Crippen LogP contribution in [0.1, 0.15) is 0 Å². The first-order valence-electron chi connectivity index (χ1n) is 2.80. The Bertz CT molecular complexity index is 174. The van der Waals surface area contributed by atoms with Gasteiger partial charge in [-0.05, 0) is 5.26 Å². The van der Waals surface area contributed by atoms with Crippen molar-refractivity contribution in [2.45, 2.75) is 17.8 Å². The van der Waals surface area contributed by atoms with E-state index in [0.717, 1.165) is 0 Å². The normalized spacial score (nSPS) is 14.8. The van der Waals surface area contributed by atoms with E-state index in [1.165, 1.54) is 0 Å². The van der Waals surface area contributed by atoms with E-state index in [4.69, 9.17) is 5.26 Å². The van der Waals surface area contributed by atoms with Gasteiger partial charge in [-0.25, -0.2) is 0 Å². The van der Waals surface area contributed by atoms with Crippen LogP contribution >= 0.6 is 0 Å². The van der Waals surface area contributed by atoms with Gasteiger partial charge in [0.1, 0.15) is 0 Å². The highest BCUT2D eigenvalue weighted by atomic mass is 19.3. The molecule has 0 saturated carbocycles. The van der Waals surface area contributed by atoms with Crippen molar-refractivity contribution in [3.05, 3.63) is 6.92 Å². The van der Waals surface area contributed by atoms with E-state index >= 15 is 0 Å². The molecule has 0 aromatic heterocycles. The van der Waals surface area contributed by atoms with Crippen LogP contribution in [-0.2, 0) is 10.1 Å². The van der Waals surface area contributed by atoms with E-state index in [1.54, 1.807) is 6.92 Å². The van der Waals surface area contributed by atoms with Gasteiger partial charge in [0.25, 0.3) is 0 Å². The second kappa shape index (κ2) is 3.33. The van der Waals surface area contributed by atoms with Gasteiger partial charge in [0.05, 0.1) is 0 Å². The van der Waals surface area contributed by atoms with E-state index in [-0.39, 0.29) is 0 Å². The van der Waals surface area contributed by atoms with E-state index in [0.29, 0.717) is 0 Å². The van der Waals surface area contributed by atoms with E-state index in [2.05, 4.69) is 4.89 Å². The molecule has 0 N–H and O–H groups in total. The largest absolute Gasteiger partial charge is 0.374 e. The van der Waals surface area contributed by atoms with E-state index < -0.39 is 24.4 Å². The SMILES string of the molecule is [CH2]C(F)(F)C(F)(F)C(F)(F)CO[O]. The summed E-state index contributed by atoms with van der Waals surface area (Å²) >= 11 is 0. The summed E-state index contributed by atoms with van der Waals surface area (Å²) in [6.45, 7) is -0.772. The molecule has 0 rings (SSSR count). The van der Waals surface area contributed by atoms with Crippen molar-refractivity contribution in [2.75, 3.05) is 6.61 Å². The Morgan fingerprint density at radius 2 is 1.46 bits per heavy atom. The molecule has 8 heteroatoms. The van der Waals surface area contributed by atoms with Crippen LogP contribution in [0.2, 0.25) is 0 Å². The number of alkyl halides is 6. The van der Waals surface area contributed by atoms with Crippen molar-refractivity contribution in [3.63, 3.8) is 0 Å². The van der Waals surface area contributed by atoms with Crippen LogP contribution in [0.25, 0.3) is 0 Å². The standard InChI is InChI=1S/C5H4F6O2/c1-3(6,7)5(10,11)4(8,9)2-13-12/h1-2H2. The molecule has 0 aliphatic rings. The zero-order chi connectivity index (χ0) is 10.9. The summed E-state index contributed by atoms with van der Waals surface area (Å²) in [6, 6.07) is 0. The minimum atomic E-state index is -5.72. The molecule has 0 fully saturated rings. The smallest absolute Gasteiger partial charge is 0.200 e. The van der Waals surface area contributed by atoms with Gasteiger partial charge < -0.3 is 0 Å². The molecule has 0 spiro atoms. The summed E-state index contributed by atoms with van der Waals surface area (Å²) in [5.41, 5.74) is 0. The monoisotopic (exact) mass is 210 g/mol. The lowest BCUT2D eigenvalue weighted by atomic mass is 10.1. The Morgan fingerprint density at radius 3 is 1.69 bits per heavy atom. The Balaban J connectivity index is 4.81. The minimum absolute atomic E-state index is 1.57. The zero-order valence-corrected chi connectivity index (χ0v) is 6.00. The predicted molar refractivity (Wildman–Crippen MR) is 26.8 cm³/mol. The molecule has 2 radical (unpaired) electrons. The molecule has 0 aliphatic carbocycles. The van der Waals surface area contributed by atoms with Crippen molar-refractivity contribution < 1.29 is 36.5 Å². The van der Waals surface area contributed by atoms with Gasteiger partial charge in [-0.2, -0.15) is 31.2 Å². The van der Waals surface area contributed by atoms with Crippen LogP contribution in [0.5, 0.6) is 0 Å². The summed E-state index contributed by atoms with van der Waals surface area (Å²) in [6.07, 6.45) is 0. The van der Waals surface area contributed by atoms with E-state index in [9.17, 15) is 26.3 Å². The fraction of sp³-hybridized carbons (Fsp3) is 0.800. The molecule has 0 heterocycles. The molecule has 0 saturated heterocycles. The molecule has 2 nitrogen and oxygen atoms in total. The zero-order valence-electron chi connectivity index (χ0n) is 6.00. The van der Waals surface area contributed by atoms with Gasteiger partial charge in [-0.3, -0.25) is 0 Å². The van der Waals surface area contributed by atoms with Gasteiger partial charge >= 0.3 is 17.8 Å². The average Bonchev–Trinajstić information content (AvgIpc) is 1.84. The first-order chi connectivity index (χ1) is 5.56. The fourth-order valence-electron chi connectivity index (χ4n) is 0.432. The van der Waals surface area contributed by atoms with E-state index in [1.807, 2.05) is 0 Å². The molecular formula is C5H4F6O2. The maximum absolute atomic E-state index is 12.1. The van der Waals surface area contributed by atoms with Gasteiger partial charge in [-0.1, -0.05) is 0 Å². The molecule has 13 heavy (non-hydrogen) atoms. The van der Waals surface area contributed by atoms with Gasteiger partial charge in [-0.15, -0.1) is 0 Å². The van der Waals surface area contributed by atoms with Crippen LogP contribution in [0.3, 0.4) is 0 Å². The van der Waals surface area contributed by atoms with Crippen molar-refractivity contribution in [1.29, 1.82) is 0 Å². The summed E-state index contributed by atoms with van der Waals surface area (Å²) in [5, 5.41) is 9.14. The molecular weight excluding hydrogens is 206 g/mol. The molecule has 0 aromatic carbocycles. The molecule has 0 amide bonds. The summed E-state index contributed by atoms with van der Waals surface area (Å²) in [4.78, 5) is 2.45. The lowest BCUT2D eigenvalue weighted by Gasteiger charge is -2.29. The minimum Gasteiger partial charge on any atom is -0.200 e. The summed E-state index contributed by atoms with van der Waals surface area (Å²) in [5.74, 6) is -16.1. The molecule has 0 atom stereocenters. The maximum Gasteiger partial charge on any atom is 0.374 e. The van der Waals surface area contributed by atoms with Crippen molar-refractivity contribution >= 4 is 0 Å². The second-order valence-electron chi connectivity index (χ2n) is 2.25. The lowest BCUT2D eigenvalue weighted by Crippen LogP contribution is -2.54. The Hall–Kier alpha value is -0.500. The highest BCUT2D eigenvalue weighted by Crippen LogP contribution is 2.45. The third kappa shape index (κ3) is 2.25. The quantitative estimate of drug-likeness (QED) is 0.396.